The molecule has 0 amide bonds. The number of fused-ring (bicyclic) bond motifs is 1. The van der Waals surface area contributed by atoms with Gasteiger partial charge in [0, 0.05) is 12.8 Å². The van der Waals surface area contributed by atoms with Crippen LogP contribution < -0.4 is 0 Å². The smallest absolute Gasteiger partial charge is 0.155 e. The molecule has 2 aliphatic carbocycles. The lowest BCUT2D eigenvalue weighted by Gasteiger charge is -2.26. The quantitative estimate of drug-likeness (QED) is 0.615. The van der Waals surface area contributed by atoms with Gasteiger partial charge >= 0.3 is 0 Å². The highest BCUT2D eigenvalue weighted by Crippen LogP contribution is 2.34. The Kier molecular flexibility index (Phi) is 2.21. The predicted molar refractivity (Wildman–Crippen MR) is 50.1 cm³/mol. The third-order valence-electron chi connectivity index (χ3n) is 2.87. The number of carbonyl (C=O) groups is 1. The highest BCUT2D eigenvalue weighted by atomic mass is 16.5. The van der Waals surface area contributed by atoms with E-state index in [0.717, 1.165) is 31.4 Å². The standard InChI is InChI=1S/C11H14O2/c1-13-11-5-3-8-2-4-10(12)6-9(8)7-11/h6-8H,2-5H2,1H3. The Morgan fingerprint density at radius 1 is 1.31 bits per heavy atom. The number of hydrogen-bond acceptors (Lipinski definition) is 2. The average Bonchev–Trinajstić information content (AvgIpc) is 2.16. The highest BCUT2D eigenvalue weighted by molar-refractivity contribution is 5.91. The molecule has 1 atom stereocenters. The topological polar surface area (TPSA) is 26.3 Å². The van der Waals surface area contributed by atoms with Crippen molar-refractivity contribution in [2.75, 3.05) is 7.11 Å². The summed E-state index contributed by atoms with van der Waals surface area (Å²) in [6.07, 6.45) is 7.73. The average molecular weight is 178 g/mol. The van der Waals surface area contributed by atoms with Crippen molar-refractivity contribution in [1.82, 2.24) is 0 Å². The molecule has 0 N–H and O–H groups in total. The number of hydrogen-bond donors (Lipinski definition) is 0. The van der Waals surface area contributed by atoms with Crippen LogP contribution in [0.3, 0.4) is 0 Å². The molecule has 0 aromatic rings. The van der Waals surface area contributed by atoms with Gasteiger partial charge in [0.05, 0.1) is 12.9 Å². The van der Waals surface area contributed by atoms with Crippen molar-refractivity contribution in [3.63, 3.8) is 0 Å². The van der Waals surface area contributed by atoms with Gasteiger partial charge < -0.3 is 4.74 Å². The first-order chi connectivity index (χ1) is 6.29. The summed E-state index contributed by atoms with van der Waals surface area (Å²) in [6, 6.07) is 0. The van der Waals surface area contributed by atoms with Crippen molar-refractivity contribution in [3.8, 4) is 0 Å². The zero-order valence-corrected chi connectivity index (χ0v) is 7.88. The first-order valence-electron chi connectivity index (χ1n) is 4.78. The molecule has 0 fully saturated rings. The van der Waals surface area contributed by atoms with Gasteiger partial charge in [-0.15, -0.1) is 0 Å². The van der Waals surface area contributed by atoms with Crippen molar-refractivity contribution in [3.05, 3.63) is 23.5 Å². The van der Waals surface area contributed by atoms with Gasteiger partial charge in [0.25, 0.3) is 0 Å². The minimum Gasteiger partial charge on any atom is -0.501 e. The molecule has 0 aliphatic heterocycles. The van der Waals surface area contributed by atoms with E-state index in [1.165, 1.54) is 5.57 Å². The van der Waals surface area contributed by atoms with Crippen LogP contribution in [0, 0.1) is 5.92 Å². The van der Waals surface area contributed by atoms with E-state index >= 15 is 0 Å². The van der Waals surface area contributed by atoms with Gasteiger partial charge in [0.1, 0.15) is 0 Å². The van der Waals surface area contributed by atoms with Gasteiger partial charge in [-0.2, -0.15) is 0 Å². The summed E-state index contributed by atoms with van der Waals surface area (Å²) in [5.74, 6) is 1.88. The molecule has 2 aliphatic rings. The second-order valence-corrected chi connectivity index (χ2v) is 3.70. The summed E-state index contributed by atoms with van der Waals surface area (Å²) in [6.45, 7) is 0. The Morgan fingerprint density at radius 3 is 2.85 bits per heavy atom. The zero-order chi connectivity index (χ0) is 9.26. The molecule has 0 aromatic heterocycles. The van der Waals surface area contributed by atoms with Gasteiger partial charge in [-0.05, 0) is 36.5 Å². The normalized spacial score (nSPS) is 27.5. The molecule has 70 valence electrons. The van der Waals surface area contributed by atoms with Crippen LogP contribution in [0.15, 0.2) is 23.5 Å². The largest absolute Gasteiger partial charge is 0.501 e. The maximum atomic E-state index is 11.2. The van der Waals surface area contributed by atoms with E-state index in [4.69, 9.17) is 4.74 Å². The number of rotatable bonds is 1. The maximum absolute atomic E-state index is 11.2. The second kappa shape index (κ2) is 3.36. The molecule has 0 saturated carbocycles. The van der Waals surface area contributed by atoms with E-state index < -0.39 is 0 Å². The molecule has 2 heteroatoms. The molecule has 0 saturated heterocycles. The number of methoxy groups -OCH3 is 1. The summed E-state index contributed by atoms with van der Waals surface area (Å²) in [5.41, 5.74) is 1.18. The van der Waals surface area contributed by atoms with E-state index in [1.807, 2.05) is 6.08 Å². The van der Waals surface area contributed by atoms with Gasteiger partial charge in [-0.1, -0.05) is 0 Å². The Balaban J connectivity index is 2.26. The summed E-state index contributed by atoms with van der Waals surface area (Å²) in [5, 5.41) is 0. The molecule has 1 unspecified atom stereocenters. The van der Waals surface area contributed by atoms with E-state index in [0.29, 0.717) is 5.92 Å². The molecule has 2 nitrogen and oxygen atoms in total. The summed E-state index contributed by atoms with van der Waals surface area (Å²) in [7, 11) is 1.69. The number of ether oxygens (including phenoxy) is 1. The third kappa shape index (κ3) is 1.67. The third-order valence-corrected chi connectivity index (χ3v) is 2.87. The van der Waals surface area contributed by atoms with Crippen LogP contribution >= 0.6 is 0 Å². The van der Waals surface area contributed by atoms with Crippen molar-refractivity contribution in [2.45, 2.75) is 25.7 Å². The van der Waals surface area contributed by atoms with Crippen molar-refractivity contribution >= 4 is 5.78 Å². The summed E-state index contributed by atoms with van der Waals surface area (Å²) >= 11 is 0. The van der Waals surface area contributed by atoms with Crippen molar-refractivity contribution in [1.29, 1.82) is 0 Å². The zero-order valence-electron chi connectivity index (χ0n) is 7.88. The fourth-order valence-corrected chi connectivity index (χ4v) is 2.07. The minimum absolute atomic E-state index is 0.264. The predicted octanol–water partition coefficient (Wildman–Crippen LogP) is 2.22. The van der Waals surface area contributed by atoms with Crippen LogP contribution in [0.1, 0.15) is 25.7 Å². The molecule has 0 radical (unpaired) electrons. The molecule has 2 rings (SSSR count). The Labute approximate surface area is 78.3 Å². The monoisotopic (exact) mass is 178 g/mol. The van der Waals surface area contributed by atoms with Gasteiger partial charge in [0.15, 0.2) is 5.78 Å². The van der Waals surface area contributed by atoms with Gasteiger partial charge in [-0.3, -0.25) is 4.79 Å². The lowest BCUT2D eigenvalue weighted by Crippen LogP contribution is -2.16. The highest BCUT2D eigenvalue weighted by Gasteiger charge is 2.24. The fraction of sp³-hybridized carbons (Fsp3) is 0.545. The lowest BCUT2D eigenvalue weighted by molar-refractivity contribution is -0.115. The molecule has 0 spiro atoms. The van der Waals surface area contributed by atoms with E-state index in [9.17, 15) is 4.79 Å². The summed E-state index contributed by atoms with van der Waals surface area (Å²) < 4.78 is 5.18. The van der Waals surface area contributed by atoms with E-state index in [1.54, 1.807) is 13.2 Å². The lowest BCUT2D eigenvalue weighted by atomic mass is 9.80. The van der Waals surface area contributed by atoms with E-state index in [-0.39, 0.29) is 5.78 Å². The number of carbonyl (C=O) groups excluding carboxylic acids is 1. The first kappa shape index (κ1) is 8.54. The van der Waals surface area contributed by atoms with Crippen molar-refractivity contribution < 1.29 is 9.53 Å². The van der Waals surface area contributed by atoms with Crippen LogP contribution in [0.5, 0.6) is 0 Å². The molecule has 0 heterocycles. The van der Waals surface area contributed by atoms with Gasteiger partial charge in [0.2, 0.25) is 0 Å². The van der Waals surface area contributed by atoms with Crippen LogP contribution in [-0.2, 0) is 9.53 Å². The SMILES string of the molecule is COC1=CC2=CC(=O)CCC2CC1. The Morgan fingerprint density at radius 2 is 2.08 bits per heavy atom. The van der Waals surface area contributed by atoms with Crippen molar-refractivity contribution in [2.24, 2.45) is 5.92 Å². The molecule has 0 aromatic carbocycles. The molecular weight excluding hydrogens is 164 g/mol. The number of ketones is 1. The van der Waals surface area contributed by atoms with E-state index in [2.05, 4.69) is 0 Å². The van der Waals surface area contributed by atoms with Gasteiger partial charge in [-0.25, -0.2) is 0 Å². The summed E-state index contributed by atoms with van der Waals surface area (Å²) in [4.78, 5) is 11.2. The van der Waals surface area contributed by atoms with Crippen LogP contribution in [0.4, 0.5) is 0 Å². The first-order valence-corrected chi connectivity index (χ1v) is 4.78. The van der Waals surface area contributed by atoms with Crippen LogP contribution in [-0.4, -0.2) is 12.9 Å². The Hall–Kier alpha value is -1.05. The fourth-order valence-electron chi connectivity index (χ4n) is 2.07. The Bertz CT molecular complexity index is 286. The maximum Gasteiger partial charge on any atom is 0.155 e. The second-order valence-electron chi connectivity index (χ2n) is 3.70. The molecule has 0 bridgehead atoms. The van der Waals surface area contributed by atoms with Crippen LogP contribution in [0.25, 0.3) is 0 Å². The van der Waals surface area contributed by atoms with Crippen LogP contribution in [0.2, 0.25) is 0 Å². The minimum atomic E-state index is 0.264. The molecule has 13 heavy (non-hydrogen) atoms. The molecular formula is C11H14O2. The number of allylic oxidation sites excluding steroid dienone is 4.